The van der Waals surface area contributed by atoms with E-state index in [0.29, 0.717) is 12.2 Å². The van der Waals surface area contributed by atoms with E-state index in [1.165, 1.54) is 17.1 Å². The number of pyridine rings is 1. The number of hydrogen-bond acceptors (Lipinski definition) is 5. The average molecular weight is 410 g/mol. The summed E-state index contributed by atoms with van der Waals surface area (Å²) in [7, 11) is 0. The molecule has 9 heteroatoms. The smallest absolute Gasteiger partial charge is 0.343 e. The molecule has 152 valence electrons. The van der Waals surface area contributed by atoms with Crippen LogP contribution >= 0.6 is 0 Å². The summed E-state index contributed by atoms with van der Waals surface area (Å²) < 4.78 is 36.0. The Balaban J connectivity index is 2.01. The Morgan fingerprint density at radius 2 is 1.93 bits per heavy atom. The van der Waals surface area contributed by atoms with Gasteiger partial charge in [-0.15, -0.1) is 0 Å². The van der Waals surface area contributed by atoms with Crippen LogP contribution in [0, 0.1) is 11.6 Å². The van der Waals surface area contributed by atoms with Crippen molar-refractivity contribution in [3.8, 4) is 5.69 Å². The van der Waals surface area contributed by atoms with Crippen LogP contribution in [0.3, 0.4) is 0 Å². The van der Waals surface area contributed by atoms with Crippen molar-refractivity contribution >= 4 is 16.9 Å². The number of ether oxygens (including phenoxy) is 1. The number of carbonyl (C=O) groups is 1. The second kappa shape index (κ2) is 7.86. The summed E-state index contributed by atoms with van der Waals surface area (Å²) in [5.74, 6) is -3.12. The molecule has 0 aliphatic heterocycles. The number of benzene rings is 2. The Labute approximate surface area is 169 Å². The number of hydrogen-bond donors (Lipinski definition) is 0. The molecule has 0 bridgehead atoms. The number of nitrogens with zero attached hydrogens (tertiary/aromatic N) is 4. The third-order valence-corrected chi connectivity index (χ3v) is 4.59. The van der Waals surface area contributed by atoms with E-state index in [1.807, 2.05) is 12.1 Å². The van der Waals surface area contributed by atoms with Gasteiger partial charge < -0.3 is 9.30 Å². The molecular weight excluding hydrogens is 394 g/mol. The van der Waals surface area contributed by atoms with Crippen LogP contribution in [0.4, 0.5) is 8.78 Å². The molecule has 2 aromatic heterocycles. The Kier molecular flexibility index (Phi) is 5.09. The van der Waals surface area contributed by atoms with E-state index in [-0.39, 0.29) is 23.1 Å². The number of fused-ring (bicyclic) bond motifs is 1. The second-order valence-corrected chi connectivity index (χ2v) is 6.47. The minimum Gasteiger partial charge on any atom is -0.462 e. The standard InChI is InChI=1S/C21H16F2N4O3/c1-2-30-21(29)15-10-27(19-8-17(23)16(22)7-14(19)20(15)28)18-6-4-3-5-13(18)9-26-12-24-11-25-26/h3-8,10-12H,2,9H2,1H3. The van der Waals surface area contributed by atoms with Crippen molar-refractivity contribution in [1.29, 1.82) is 0 Å². The van der Waals surface area contributed by atoms with E-state index in [1.54, 1.807) is 30.1 Å². The predicted octanol–water partition coefficient (Wildman–Crippen LogP) is 3.09. The van der Waals surface area contributed by atoms with Crippen molar-refractivity contribution in [3.05, 3.63) is 88.2 Å². The maximum Gasteiger partial charge on any atom is 0.343 e. The molecule has 4 aromatic rings. The minimum atomic E-state index is -1.18. The number of rotatable bonds is 5. The van der Waals surface area contributed by atoms with E-state index in [2.05, 4.69) is 10.1 Å². The van der Waals surface area contributed by atoms with Crippen LogP contribution in [0.25, 0.3) is 16.6 Å². The zero-order chi connectivity index (χ0) is 21.3. The largest absolute Gasteiger partial charge is 0.462 e. The maximum absolute atomic E-state index is 14.1. The number of esters is 1. The molecule has 0 spiro atoms. The quantitative estimate of drug-likeness (QED) is 0.473. The van der Waals surface area contributed by atoms with Gasteiger partial charge in [-0.05, 0) is 24.6 Å². The van der Waals surface area contributed by atoms with Crippen molar-refractivity contribution in [2.24, 2.45) is 0 Å². The topological polar surface area (TPSA) is 79.0 Å². The summed E-state index contributed by atoms with van der Waals surface area (Å²) in [6, 6.07) is 8.87. The fraction of sp³-hybridized carbons (Fsp3) is 0.143. The van der Waals surface area contributed by atoms with Gasteiger partial charge in [0, 0.05) is 12.3 Å². The average Bonchev–Trinajstić information content (AvgIpc) is 3.24. The molecular formula is C21H16F2N4O3. The van der Waals surface area contributed by atoms with Gasteiger partial charge >= 0.3 is 5.97 Å². The molecule has 4 rings (SSSR count). The molecule has 30 heavy (non-hydrogen) atoms. The Morgan fingerprint density at radius 3 is 2.67 bits per heavy atom. The van der Waals surface area contributed by atoms with Gasteiger partial charge in [0.1, 0.15) is 18.2 Å². The molecule has 0 saturated carbocycles. The van der Waals surface area contributed by atoms with Crippen molar-refractivity contribution in [3.63, 3.8) is 0 Å². The highest BCUT2D eigenvalue weighted by Crippen LogP contribution is 2.24. The molecule has 0 radical (unpaired) electrons. The molecule has 0 N–H and O–H groups in total. The van der Waals surface area contributed by atoms with E-state index < -0.39 is 23.0 Å². The third-order valence-electron chi connectivity index (χ3n) is 4.59. The molecule has 0 atom stereocenters. The van der Waals surface area contributed by atoms with Crippen LogP contribution in [-0.4, -0.2) is 31.9 Å². The molecule has 0 aliphatic carbocycles. The van der Waals surface area contributed by atoms with Crippen LogP contribution in [0.5, 0.6) is 0 Å². The summed E-state index contributed by atoms with van der Waals surface area (Å²) in [6.07, 6.45) is 4.23. The zero-order valence-electron chi connectivity index (χ0n) is 15.9. The van der Waals surface area contributed by atoms with Gasteiger partial charge in [-0.2, -0.15) is 5.10 Å². The number of carbonyl (C=O) groups excluding carboxylic acids is 1. The fourth-order valence-electron chi connectivity index (χ4n) is 3.24. The lowest BCUT2D eigenvalue weighted by Gasteiger charge is -2.17. The van der Waals surface area contributed by atoms with Gasteiger partial charge in [-0.3, -0.25) is 4.79 Å². The molecule has 0 aliphatic rings. The van der Waals surface area contributed by atoms with Gasteiger partial charge in [0.25, 0.3) is 0 Å². The van der Waals surface area contributed by atoms with E-state index >= 15 is 0 Å². The monoisotopic (exact) mass is 410 g/mol. The molecule has 0 fully saturated rings. The van der Waals surface area contributed by atoms with E-state index in [9.17, 15) is 18.4 Å². The van der Waals surface area contributed by atoms with Gasteiger partial charge in [0.2, 0.25) is 5.43 Å². The van der Waals surface area contributed by atoms with Crippen LogP contribution in [0.15, 0.2) is 60.0 Å². The van der Waals surface area contributed by atoms with Crippen LogP contribution in [0.2, 0.25) is 0 Å². The summed E-state index contributed by atoms with van der Waals surface area (Å²) in [5, 5.41) is 3.95. The van der Waals surface area contributed by atoms with Crippen LogP contribution in [0.1, 0.15) is 22.8 Å². The van der Waals surface area contributed by atoms with Gasteiger partial charge in [0.05, 0.1) is 29.7 Å². The van der Waals surface area contributed by atoms with E-state index in [4.69, 9.17) is 4.74 Å². The highest BCUT2D eigenvalue weighted by Gasteiger charge is 2.20. The number of para-hydroxylation sites is 1. The van der Waals surface area contributed by atoms with Crippen molar-refractivity contribution < 1.29 is 18.3 Å². The first-order valence-electron chi connectivity index (χ1n) is 9.11. The zero-order valence-corrected chi connectivity index (χ0v) is 15.9. The van der Waals surface area contributed by atoms with Gasteiger partial charge in [0.15, 0.2) is 11.6 Å². The lowest BCUT2D eigenvalue weighted by molar-refractivity contribution is 0.0524. The normalized spacial score (nSPS) is 11.0. The Bertz CT molecular complexity index is 1300. The lowest BCUT2D eigenvalue weighted by atomic mass is 10.1. The summed E-state index contributed by atoms with van der Waals surface area (Å²) in [5.41, 5.74) is 0.443. The van der Waals surface area contributed by atoms with Gasteiger partial charge in [-0.25, -0.2) is 23.2 Å². The Hall–Kier alpha value is -3.88. The summed E-state index contributed by atoms with van der Waals surface area (Å²) >= 11 is 0. The first-order chi connectivity index (χ1) is 14.5. The van der Waals surface area contributed by atoms with Crippen molar-refractivity contribution in [1.82, 2.24) is 19.3 Å². The molecule has 7 nitrogen and oxygen atoms in total. The molecule has 0 amide bonds. The Morgan fingerprint density at radius 1 is 1.17 bits per heavy atom. The molecule has 2 heterocycles. The molecule has 0 unspecified atom stereocenters. The van der Waals surface area contributed by atoms with Crippen LogP contribution in [-0.2, 0) is 11.3 Å². The molecule has 0 saturated heterocycles. The first-order valence-corrected chi connectivity index (χ1v) is 9.11. The van der Waals surface area contributed by atoms with Crippen molar-refractivity contribution in [2.75, 3.05) is 6.61 Å². The first kappa shape index (κ1) is 19.4. The second-order valence-electron chi connectivity index (χ2n) is 6.47. The summed E-state index contributed by atoms with van der Waals surface area (Å²) in [6.45, 7) is 2.01. The van der Waals surface area contributed by atoms with Crippen molar-refractivity contribution in [2.45, 2.75) is 13.5 Å². The van der Waals surface area contributed by atoms with Crippen LogP contribution < -0.4 is 5.43 Å². The number of halogens is 2. The predicted molar refractivity (Wildman–Crippen MR) is 105 cm³/mol. The highest BCUT2D eigenvalue weighted by molar-refractivity contribution is 5.94. The summed E-state index contributed by atoms with van der Waals surface area (Å²) in [4.78, 5) is 29.1. The maximum atomic E-state index is 14.1. The van der Waals surface area contributed by atoms with E-state index in [0.717, 1.165) is 17.7 Å². The fourth-order valence-corrected chi connectivity index (χ4v) is 3.24. The SMILES string of the molecule is CCOC(=O)c1cn(-c2ccccc2Cn2cncn2)c2cc(F)c(F)cc2c1=O. The lowest BCUT2D eigenvalue weighted by Crippen LogP contribution is -2.21. The number of aromatic nitrogens is 4. The highest BCUT2D eigenvalue weighted by atomic mass is 19.2. The third kappa shape index (κ3) is 3.45. The van der Waals surface area contributed by atoms with Gasteiger partial charge in [-0.1, -0.05) is 18.2 Å². The molecule has 2 aromatic carbocycles. The minimum absolute atomic E-state index is 0.0664.